The van der Waals surface area contributed by atoms with Crippen molar-refractivity contribution >= 4 is 40.9 Å². The topological polar surface area (TPSA) is 120 Å². The molecule has 10 nitrogen and oxygen atoms in total. The Labute approximate surface area is 179 Å². The number of carboxylic acid groups (broad SMARTS) is 1. The van der Waals surface area contributed by atoms with E-state index >= 15 is 0 Å². The van der Waals surface area contributed by atoms with Crippen LogP contribution >= 0.6 is 23.2 Å². The molecule has 0 unspecified atom stereocenters. The minimum absolute atomic E-state index is 0.0180. The minimum atomic E-state index is -1.15. The standard InChI is InChI=1S/C18H15Cl2N5O5/c1-3-23(13-8-7-10(16(26)27)9-14(13)30-2)17(28)25-18(29)24(21-22-25)15-11(19)5-4-6-12(15)20/h4-9H,3H2,1-2H3,(H,26,27). The van der Waals surface area contributed by atoms with Crippen LogP contribution in [0.1, 0.15) is 17.3 Å². The third-order valence-electron chi connectivity index (χ3n) is 4.18. The lowest BCUT2D eigenvalue weighted by Crippen LogP contribution is -2.41. The highest BCUT2D eigenvalue weighted by atomic mass is 35.5. The van der Waals surface area contributed by atoms with E-state index in [2.05, 4.69) is 10.4 Å². The average molecular weight is 452 g/mol. The van der Waals surface area contributed by atoms with Crippen molar-refractivity contribution in [3.05, 3.63) is 62.5 Å². The van der Waals surface area contributed by atoms with Crippen molar-refractivity contribution in [3.8, 4) is 11.4 Å². The maximum Gasteiger partial charge on any atom is 0.377 e. The van der Waals surface area contributed by atoms with E-state index in [9.17, 15) is 14.4 Å². The van der Waals surface area contributed by atoms with Crippen LogP contribution in [-0.2, 0) is 0 Å². The molecule has 2 aromatic carbocycles. The Morgan fingerprint density at radius 2 is 1.83 bits per heavy atom. The Hall–Kier alpha value is -3.37. The largest absolute Gasteiger partial charge is 0.495 e. The zero-order chi connectivity index (χ0) is 22.0. The summed E-state index contributed by atoms with van der Waals surface area (Å²) in [7, 11) is 1.34. The number of benzene rings is 2. The molecular formula is C18H15Cl2N5O5. The second-order valence-corrected chi connectivity index (χ2v) is 6.69. The van der Waals surface area contributed by atoms with Gasteiger partial charge in [0.25, 0.3) is 0 Å². The Balaban J connectivity index is 2.05. The Bertz CT molecular complexity index is 1170. The molecule has 0 bridgehead atoms. The first kappa shape index (κ1) is 21.3. The zero-order valence-electron chi connectivity index (χ0n) is 15.7. The number of carbonyl (C=O) groups is 2. The molecule has 0 aliphatic heterocycles. The first-order valence-electron chi connectivity index (χ1n) is 8.52. The van der Waals surface area contributed by atoms with Gasteiger partial charge in [-0.15, -0.1) is 4.68 Å². The number of carbonyl (C=O) groups excluding carboxylic acids is 1. The molecule has 0 fully saturated rings. The van der Waals surface area contributed by atoms with Gasteiger partial charge in [-0.2, -0.15) is 4.68 Å². The molecule has 0 aliphatic carbocycles. The summed E-state index contributed by atoms with van der Waals surface area (Å²) in [5, 5.41) is 16.8. The molecule has 0 radical (unpaired) electrons. The summed E-state index contributed by atoms with van der Waals surface area (Å²) < 4.78 is 6.59. The molecule has 1 aromatic heterocycles. The second-order valence-electron chi connectivity index (χ2n) is 5.87. The number of hydrogen-bond acceptors (Lipinski definition) is 6. The number of amides is 1. The predicted molar refractivity (Wildman–Crippen MR) is 109 cm³/mol. The average Bonchev–Trinajstić information content (AvgIpc) is 3.09. The van der Waals surface area contributed by atoms with E-state index < -0.39 is 17.7 Å². The maximum absolute atomic E-state index is 13.0. The number of methoxy groups -OCH3 is 1. The van der Waals surface area contributed by atoms with Crippen molar-refractivity contribution in [3.63, 3.8) is 0 Å². The van der Waals surface area contributed by atoms with E-state index in [4.69, 9.17) is 33.0 Å². The van der Waals surface area contributed by atoms with Gasteiger partial charge in [0.05, 0.1) is 28.4 Å². The van der Waals surface area contributed by atoms with Crippen molar-refractivity contribution in [2.45, 2.75) is 6.92 Å². The van der Waals surface area contributed by atoms with Crippen molar-refractivity contribution in [1.82, 2.24) is 19.8 Å². The van der Waals surface area contributed by atoms with Crippen LogP contribution in [-0.4, -0.2) is 50.6 Å². The van der Waals surface area contributed by atoms with Crippen LogP contribution in [0, 0.1) is 0 Å². The Morgan fingerprint density at radius 3 is 2.40 bits per heavy atom. The quantitative estimate of drug-likeness (QED) is 0.591. The van der Waals surface area contributed by atoms with E-state index in [0.717, 1.165) is 4.68 Å². The van der Waals surface area contributed by atoms with E-state index in [1.807, 2.05) is 0 Å². The molecule has 0 atom stereocenters. The molecule has 3 rings (SSSR count). The number of aromatic nitrogens is 4. The fourth-order valence-electron chi connectivity index (χ4n) is 2.75. The van der Waals surface area contributed by atoms with Crippen LogP contribution in [0.4, 0.5) is 10.5 Å². The highest BCUT2D eigenvalue weighted by Gasteiger charge is 2.26. The van der Waals surface area contributed by atoms with Gasteiger partial charge in [0.1, 0.15) is 11.4 Å². The van der Waals surface area contributed by atoms with Crippen LogP contribution in [0.25, 0.3) is 5.69 Å². The van der Waals surface area contributed by atoms with Crippen LogP contribution in [0.3, 0.4) is 0 Å². The molecule has 0 saturated carbocycles. The van der Waals surface area contributed by atoms with Crippen molar-refractivity contribution in [1.29, 1.82) is 0 Å². The summed E-state index contributed by atoms with van der Waals surface area (Å²) in [5.41, 5.74) is -0.548. The molecule has 3 aromatic rings. The van der Waals surface area contributed by atoms with Gasteiger partial charge in [0.15, 0.2) is 0 Å². The third kappa shape index (κ3) is 3.74. The number of ether oxygens (including phenoxy) is 1. The number of tetrazole rings is 1. The summed E-state index contributed by atoms with van der Waals surface area (Å²) >= 11 is 12.2. The molecule has 156 valence electrons. The maximum atomic E-state index is 13.0. The normalized spacial score (nSPS) is 10.7. The highest BCUT2D eigenvalue weighted by Crippen LogP contribution is 2.30. The van der Waals surface area contributed by atoms with Gasteiger partial charge in [-0.1, -0.05) is 29.3 Å². The lowest BCUT2D eigenvalue weighted by atomic mass is 10.1. The number of hydrogen-bond donors (Lipinski definition) is 1. The first-order chi connectivity index (χ1) is 14.3. The second kappa shape index (κ2) is 8.56. The number of nitrogens with zero attached hydrogens (tertiary/aromatic N) is 5. The summed E-state index contributed by atoms with van der Waals surface area (Å²) in [6, 6.07) is 7.81. The number of aromatic carboxylic acids is 1. The van der Waals surface area contributed by atoms with Crippen molar-refractivity contribution < 1.29 is 19.4 Å². The fourth-order valence-corrected chi connectivity index (χ4v) is 3.31. The van der Waals surface area contributed by atoms with Crippen LogP contribution in [0.2, 0.25) is 10.0 Å². The van der Waals surface area contributed by atoms with Gasteiger partial charge in [-0.05, 0) is 47.7 Å². The van der Waals surface area contributed by atoms with E-state index in [-0.39, 0.29) is 39.3 Å². The number of anilines is 1. The summed E-state index contributed by atoms with van der Waals surface area (Å²) in [6.45, 7) is 1.80. The number of carboxylic acids is 1. The van der Waals surface area contributed by atoms with E-state index in [1.165, 1.54) is 42.3 Å². The van der Waals surface area contributed by atoms with E-state index in [0.29, 0.717) is 4.68 Å². The smallest absolute Gasteiger partial charge is 0.377 e. The molecule has 12 heteroatoms. The van der Waals surface area contributed by atoms with Gasteiger partial charge in [-0.25, -0.2) is 14.4 Å². The van der Waals surface area contributed by atoms with Crippen LogP contribution in [0.5, 0.6) is 5.75 Å². The summed E-state index contributed by atoms with van der Waals surface area (Å²) in [4.78, 5) is 38.2. The number of halogens is 2. The molecule has 1 heterocycles. The monoisotopic (exact) mass is 451 g/mol. The Kier molecular flexibility index (Phi) is 6.09. The number of para-hydroxylation sites is 1. The minimum Gasteiger partial charge on any atom is -0.495 e. The van der Waals surface area contributed by atoms with Gasteiger partial charge in [-0.3, -0.25) is 4.90 Å². The third-order valence-corrected chi connectivity index (χ3v) is 4.79. The molecule has 0 spiro atoms. The molecular weight excluding hydrogens is 437 g/mol. The fraction of sp³-hybridized carbons (Fsp3) is 0.167. The molecule has 0 saturated heterocycles. The van der Waals surface area contributed by atoms with Crippen molar-refractivity contribution in [2.24, 2.45) is 0 Å². The SMILES string of the molecule is CCN(C(=O)n1nnn(-c2c(Cl)cccc2Cl)c1=O)c1ccc(C(=O)O)cc1OC. The van der Waals surface area contributed by atoms with Crippen LogP contribution < -0.4 is 15.3 Å². The van der Waals surface area contributed by atoms with Gasteiger partial charge >= 0.3 is 17.7 Å². The molecule has 0 aliphatic rings. The molecule has 1 N–H and O–H groups in total. The zero-order valence-corrected chi connectivity index (χ0v) is 17.3. The van der Waals surface area contributed by atoms with Gasteiger partial charge < -0.3 is 9.84 Å². The number of rotatable bonds is 5. The lowest BCUT2D eigenvalue weighted by Gasteiger charge is -2.22. The molecule has 1 amide bonds. The molecule has 30 heavy (non-hydrogen) atoms. The van der Waals surface area contributed by atoms with E-state index in [1.54, 1.807) is 13.0 Å². The lowest BCUT2D eigenvalue weighted by molar-refractivity contribution is 0.0696. The van der Waals surface area contributed by atoms with Gasteiger partial charge in [0.2, 0.25) is 0 Å². The van der Waals surface area contributed by atoms with Crippen LogP contribution in [0.15, 0.2) is 41.2 Å². The Morgan fingerprint density at radius 1 is 1.17 bits per heavy atom. The highest BCUT2D eigenvalue weighted by molar-refractivity contribution is 6.37. The first-order valence-corrected chi connectivity index (χ1v) is 9.28. The predicted octanol–water partition coefficient (Wildman–Crippen LogP) is 2.94. The summed E-state index contributed by atoms with van der Waals surface area (Å²) in [5.74, 6) is -1.01. The van der Waals surface area contributed by atoms with Crippen molar-refractivity contribution in [2.75, 3.05) is 18.6 Å². The summed E-state index contributed by atoms with van der Waals surface area (Å²) in [6.07, 6.45) is 0. The van der Waals surface area contributed by atoms with Gasteiger partial charge in [0, 0.05) is 6.54 Å².